The van der Waals surface area contributed by atoms with Gasteiger partial charge in [0.05, 0.1) is 0 Å². The highest BCUT2D eigenvalue weighted by molar-refractivity contribution is 6.30. The van der Waals surface area contributed by atoms with Crippen molar-refractivity contribution in [1.82, 2.24) is 10.2 Å². The van der Waals surface area contributed by atoms with Crippen LogP contribution in [0.2, 0.25) is 5.02 Å². The Hall–Kier alpha value is -2.40. The summed E-state index contributed by atoms with van der Waals surface area (Å²) < 4.78 is 0. The first-order valence-corrected chi connectivity index (χ1v) is 7.57. The van der Waals surface area contributed by atoms with Crippen LogP contribution >= 0.6 is 11.6 Å². The van der Waals surface area contributed by atoms with E-state index < -0.39 is 0 Å². The summed E-state index contributed by atoms with van der Waals surface area (Å²) in [6, 6.07) is 7.13. The summed E-state index contributed by atoms with van der Waals surface area (Å²) in [5.41, 5.74) is 0.866. The Morgan fingerprint density at radius 1 is 1.30 bits per heavy atom. The molecule has 1 aromatic rings. The summed E-state index contributed by atoms with van der Waals surface area (Å²) in [6.07, 6.45) is 7.83. The summed E-state index contributed by atoms with van der Waals surface area (Å²) in [5.74, 6) is 0.0667. The lowest BCUT2D eigenvalue weighted by atomic mass is 10.2. The average Bonchev–Trinajstić information content (AvgIpc) is 2.56. The maximum Gasteiger partial charge on any atom is 0.249 e. The molecular formula is C17H20ClN3O2. The zero-order chi connectivity index (χ0) is 17.1. The minimum Gasteiger partial charge on any atom is -0.322 e. The number of rotatable bonds is 7. The van der Waals surface area contributed by atoms with Crippen LogP contribution in [0.5, 0.6) is 0 Å². The number of carbonyl (C=O) groups excluding carboxylic acids is 2. The molecule has 0 unspecified atom stereocenters. The second-order valence-corrected chi connectivity index (χ2v) is 5.08. The highest BCUT2D eigenvalue weighted by Crippen LogP contribution is 2.10. The van der Waals surface area contributed by atoms with E-state index >= 15 is 0 Å². The van der Waals surface area contributed by atoms with Gasteiger partial charge in [-0.25, -0.2) is 0 Å². The van der Waals surface area contributed by atoms with Crippen molar-refractivity contribution >= 4 is 35.8 Å². The normalized spacial score (nSPS) is 11.9. The standard InChI is InChI=1S/C17H20ClN3O2/c1-3-11-21(13-22)12-10-16(19-2)20-17(23)9-6-14-4-7-15(18)8-5-14/h4-10,12-13H,3,11H2,1-2H3,(H,19,20,23)/b9-6+,12-10-. The fraction of sp³-hybridized carbons (Fsp3) is 0.235. The van der Waals surface area contributed by atoms with E-state index in [0.717, 1.165) is 18.4 Å². The van der Waals surface area contributed by atoms with Gasteiger partial charge in [-0.15, -0.1) is 0 Å². The van der Waals surface area contributed by atoms with Crippen LogP contribution in [-0.4, -0.2) is 36.6 Å². The van der Waals surface area contributed by atoms with Crippen LogP contribution in [0.3, 0.4) is 0 Å². The van der Waals surface area contributed by atoms with Crippen LogP contribution in [0.1, 0.15) is 18.9 Å². The fourth-order valence-corrected chi connectivity index (χ4v) is 1.80. The van der Waals surface area contributed by atoms with Gasteiger partial charge in [-0.3, -0.25) is 14.6 Å². The average molecular weight is 334 g/mol. The van der Waals surface area contributed by atoms with Crippen molar-refractivity contribution in [2.75, 3.05) is 13.6 Å². The van der Waals surface area contributed by atoms with Crippen LogP contribution in [0.4, 0.5) is 0 Å². The first-order chi connectivity index (χ1) is 11.1. The second-order valence-electron chi connectivity index (χ2n) is 4.64. The minimum absolute atomic E-state index is 0.307. The number of hydrogen-bond acceptors (Lipinski definition) is 3. The zero-order valence-electron chi connectivity index (χ0n) is 13.2. The lowest BCUT2D eigenvalue weighted by Gasteiger charge is -2.10. The van der Waals surface area contributed by atoms with Crippen molar-refractivity contribution < 1.29 is 9.59 Å². The number of benzene rings is 1. The molecule has 0 aliphatic rings. The van der Waals surface area contributed by atoms with Crippen molar-refractivity contribution in [3.05, 3.63) is 53.2 Å². The van der Waals surface area contributed by atoms with E-state index in [-0.39, 0.29) is 5.91 Å². The Labute approximate surface area is 141 Å². The molecule has 0 heterocycles. The first kappa shape index (κ1) is 18.6. The highest BCUT2D eigenvalue weighted by atomic mass is 35.5. The van der Waals surface area contributed by atoms with E-state index in [1.165, 1.54) is 11.0 Å². The summed E-state index contributed by atoms with van der Waals surface area (Å²) in [7, 11) is 1.56. The largest absolute Gasteiger partial charge is 0.322 e. The Morgan fingerprint density at radius 2 is 2.00 bits per heavy atom. The second kappa shape index (κ2) is 10.3. The minimum atomic E-state index is -0.307. The van der Waals surface area contributed by atoms with Gasteiger partial charge in [0.1, 0.15) is 5.84 Å². The van der Waals surface area contributed by atoms with Gasteiger partial charge in [-0.1, -0.05) is 30.7 Å². The van der Waals surface area contributed by atoms with Gasteiger partial charge in [0.15, 0.2) is 0 Å². The van der Waals surface area contributed by atoms with Crippen LogP contribution in [-0.2, 0) is 9.59 Å². The molecule has 0 spiro atoms. The van der Waals surface area contributed by atoms with Crippen molar-refractivity contribution in [3.8, 4) is 0 Å². The Morgan fingerprint density at radius 3 is 2.57 bits per heavy atom. The van der Waals surface area contributed by atoms with E-state index in [2.05, 4.69) is 10.3 Å². The molecule has 0 saturated heterocycles. The molecule has 2 amide bonds. The molecule has 0 saturated carbocycles. The lowest BCUT2D eigenvalue weighted by molar-refractivity contribution is -0.116. The molecule has 0 aliphatic carbocycles. The van der Waals surface area contributed by atoms with Crippen LogP contribution < -0.4 is 5.32 Å². The molecule has 6 heteroatoms. The third-order valence-corrected chi connectivity index (χ3v) is 3.08. The molecule has 122 valence electrons. The number of amidine groups is 1. The van der Waals surface area contributed by atoms with Crippen LogP contribution in [0.15, 0.2) is 47.6 Å². The SMILES string of the molecule is CCCN(C=O)/C=C\C(=NC)NC(=O)/C=C/c1ccc(Cl)cc1. The van der Waals surface area contributed by atoms with Crippen molar-refractivity contribution in [1.29, 1.82) is 0 Å². The Bertz CT molecular complexity index is 607. The molecule has 23 heavy (non-hydrogen) atoms. The van der Waals surface area contributed by atoms with E-state index in [9.17, 15) is 9.59 Å². The lowest BCUT2D eigenvalue weighted by Crippen LogP contribution is -2.28. The van der Waals surface area contributed by atoms with Crippen molar-refractivity contribution in [2.45, 2.75) is 13.3 Å². The number of halogens is 1. The predicted octanol–water partition coefficient (Wildman–Crippen LogP) is 2.88. The molecule has 0 bridgehead atoms. The summed E-state index contributed by atoms with van der Waals surface area (Å²) in [5, 5.41) is 3.28. The molecule has 0 fully saturated rings. The monoisotopic (exact) mass is 333 g/mol. The molecule has 1 aromatic carbocycles. The number of carbonyl (C=O) groups is 2. The quantitative estimate of drug-likeness (QED) is 0.361. The van der Waals surface area contributed by atoms with Gasteiger partial charge in [-0.05, 0) is 36.3 Å². The van der Waals surface area contributed by atoms with Crippen LogP contribution in [0.25, 0.3) is 6.08 Å². The van der Waals surface area contributed by atoms with Crippen molar-refractivity contribution in [2.24, 2.45) is 4.99 Å². The molecular weight excluding hydrogens is 314 g/mol. The highest BCUT2D eigenvalue weighted by Gasteiger charge is 2.00. The number of aliphatic imine (C=N–C) groups is 1. The zero-order valence-corrected chi connectivity index (χ0v) is 14.0. The van der Waals surface area contributed by atoms with Gasteiger partial charge in [-0.2, -0.15) is 0 Å². The first-order valence-electron chi connectivity index (χ1n) is 7.19. The van der Waals surface area contributed by atoms with Gasteiger partial charge in [0.2, 0.25) is 12.3 Å². The molecule has 5 nitrogen and oxygen atoms in total. The maximum atomic E-state index is 11.9. The smallest absolute Gasteiger partial charge is 0.249 e. The predicted molar refractivity (Wildman–Crippen MR) is 94.2 cm³/mol. The molecule has 0 aliphatic heterocycles. The van der Waals surface area contributed by atoms with Crippen molar-refractivity contribution in [3.63, 3.8) is 0 Å². The van der Waals surface area contributed by atoms with E-state index in [0.29, 0.717) is 17.4 Å². The van der Waals surface area contributed by atoms with Crippen LogP contribution in [0, 0.1) is 0 Å². The van der Waals surface area contributed by atoms with E-state index in [1.54, 1.807) is 37.5 Å². The number of hydrogen-bond donors (Lipinski definition) is 1. The third-order valence-electron chi connectivity index (χ3n) is 2.83. The van der Waals surface area contributed by atoms with Gasteiger partial charge in [0, 0.05) is 30.9 Å². The molecule has 0 atom stereocenters. The van der Waals surface area contributed by atoms with Gasteiger partial charge < -0.3 is 10.2 Å². The van der Waals surface area contributed by atoms with Gasteiger partial charge >= 0.3 is 0 Å². The third kappa shape index (κ3) is 7.42. The molecule has 0 aromatic heterocycles. The topological polar surface area (TPSA) is 61.8 Å². The summed E-state index contributed by atoms with van der Waals surface area (Å²) in [6.45, 7) is 2.59. The molecule has 1 rings (SSSR count). The van der Waals surface area contributed by atoms with E-state index in [4.69, 9.17) is 11.6 Å². The Kier molecular flexibility index (Phi) is 8.39. The number of amides is 2. The summed E-state index contributed by atoms with van der Waals surface area (Å²) in [4.78, 5) is 28.2. The molecule has 0 radical (unpaired) electrons. The number of nitrogens with one attached hydrogen (secondary N) is 1. The maximum absolute atomic E-state index is 11.9. The van der Waals surface area contributed by atoms with E-state index in [1.807, 2.05) is 19.1 Å². The fourth-order valence-electron chi connectivity index (χ4n) is 1.67. The summed E-state index contributed by atoms with van der Waals surface area (Å²) >= 11 is 5.80. The molecule has 1 N–H and O–H groups in total. The van der Waals surface area contributed by atoms with Gasteiger partial charge in [0.25, 0.3) is 0 Å². The number of nitrogens with zero attached hydrogens (tertiary/aromatic N) is 2. The Balaban J connectivity index is 2.61.